The van der Waals surface area contributed by atoms with E-state index in [9.17, 15) is 12.9 Å². The molecule has 0 atom stereocenters. The highest BCUT2D eigenvalue weighted by atomic mass is 19.4. The summed E-state index contributed by atoms with van der Waals surface area (Å²) in [5, 5.41) is 3.20. The predicted molar refractivity (Wildman–Crippen MR) is 68.7 cm³/mol. The van der Waals surface area contributed by atoms with Crippen LogP contribution in [0.3, 0.4) is 0 Å². The third-order valence-electron chi connectivity index (χ3n) is 2.95. The zero-order chi connectivity index (χ0) is 13.2. The molecule has 1 aliphatic heterocycles. The lowest BCUT2D eigenvalue weighted by Gasteiger charge is -2.30. The van der Waals surface area contributed by atoms with Gasteiger partial charge in [-0.05, 0) is 18.2 Å². The number of anilines is 2. The summed E-state index contributed by atoms with van der Waals surface area (Å²) in [6, 6.07) is 4.73. The van der Waals surface area contributed by atoms with Crippen molar-refractivity contribution in [1.82, 2.24) is 5.32 Å². The van der Waals surface area contributed by atoms with Crippen LogP contribution in [0.25, 0.3) is 0 Å². The first kappa shape index (κ1) is 13.1. The second-order valence-corrected chi connectivity index (χ2v) is 4.58. The zero-order valence-electron chi connectivity index (χ0n) is 10.0. The fraction of sp³-hybridized carbons (Fsp3) is 0.455. The van der Waals surface area contributed by atoms with Gasteiger partial charge in [-0.2, -0.15) is 0 Å². The molecule has 1 aliphatic rings. The van der Waals surface area contributed by atoms with Gasteiger partial charge in [0.1, 0.15) is 0 Å². The molecule has 1 aromatic carbocycles. The van der Waals surface area contributed by atoms with Crippen molar-refractivity contribution in [3.05, 3.63) is 23.8 Å². The van der Waals surface area contributed by atoms with E-state index in [1.807, 2.05) is 0 Å². The molecular weight excluding hydrogens is 242 g/mol. The predicted octanol–water partition coefficient (Wildman–Crippen LogP) is 1.61. The van der Waals surface area contributed by atoms with Gasteiger partial charge >= 0.3 is 6.98 Å². The zero-order valence-corrected chi connectivity index (χ0v) is 10.0. The van der Waals surface area contributed by atoms with E-state index in [0.717, 1.165) is 31.9 Å². The van der Waals surface area contributed by atoms with Gasteiger partial charge in [0.05, 0.1) is 0 Å². The minimum absolute atomic E-state index is 0.246. The maximum atomic E-state index is 12.4. The molecule has 0 spiro atoms. The third kappa shape index (κ3) is 3.56. The number of nitrogens with zero attached hydrogens (tertiary/aromatic N) is 1. The van der Waals surface area contributed by atoms with Gasteiger partial charge in [-0.15, -0.1) is 0 Å². The molecule has 3 N–H and O–H groups in total. The van der Waals surface area contributed by atoms with Crippen molar-refractivity contribution in [3.63, 3.8) is 0 Å². The summed E-state index contributed by atoms with van der Waals surface area (Å²) >= 11 is 0. The van der Waals surface area contributed by atoms with Crippen LogP contribution in [0.2, 0.25) is 0 Å². The van der Waals surface area contributed by atoms with E-state index in [1.165, 1.54) is 6.07 Å². The van der Waals surface area contributed by atoms with Gasteiger partial charge in [0.15, 0.2) is 0 Å². The van der Waals surface area contributed by atoms with Crippen molar-refractivity contribution in [1.29, 1.82) is 0 Å². The molecule has 0 radical (unpaired) electrons. The molecule has 1 heterocycles. The quantitative estimate of drug-likeness (QED) is 0.639. The summed E-state index contributed by atoms with van der Waals surface area (Å²) in [4.78, 5) is 2.06. The number of hydrogen-bond donors (Lipinski definition) is 2. The number of rotatable bonds is 3. The van der Waals surface area contributed by atoms with Crippen molar-refractivity contribution >= 4 is 18.4 Å². The van der Waals surface area contributed by atoms with E-state index in [2.05, 4.69) is 10.2 Å². The van der Waals surface area contributed by atoms with Crippen LogP contribution >= 0.6 is 0 Å². The van der Waals surface area contributed by atoms with Gasteiger partial charge in [-0.1, -0.05) is 11.9 Å². The number of hydrogen-bond acceptors (Lipinski definition) is 3. The second-order valence-electron chi connectivity index (χ2n) is 4.58. The number of piperazine rings is 1. The Hall–Kier alpha value is -1.37. The smallest absolute Gasteiger partial charge is 0.449 e. The molecule has 0 amide bonds. The van der Waals surface area contributed by atoms with E-state index < -0.39 is 13.3 Å². The van der Waals surface area contributed by atoms with Crippen LogP contribution in [-0.4, -0.2) is 33.2 Å². The van der Waals surface area contributed by atoms with Crippen molar-refractivity contribution in [3.8, 4) is 0 Å². The molecule has 1 saturated heterocycles. The largest absolute Gasteiger partial charge is 0.482 e. The Kier molecular flexibility index (Phi) is 3.70. The molecular formula is C11H16BF3N3-. The van der Waals surface area contributed by atoms with E-state index in [-0.39, 0.29) is 5.56 Å². The van der Waals surface area contributed by atoms with Crippen LogP contribution in [0.4, 0.5) is 24.3 Å². The van der Waals surface area contributed by atoms with E-state index in [0.29, 0.717) is 5.69 Å². The second kappa shape index (κ2) is 5.10. The minimum Gasteiger partial charge on any atom is -0.449 e. The Bertz CT molecular complexity index is 416. The molecule has 1 aromatic rings. The van der Waals surface area contributed by atoms with Crippen molar-refractivity contribution in [2.45, 2.75) is 6.32 Å². The topological polar surface area (TPSA) is 41.3 Å². The van der Waals surface area contributed by atoms with Crippen molar-refractivity contribution < 1.29 is 12.9 Å². The first-order valence-electron chi connectivity index (χ1n) is 6.00. The molecule has 0 saturated carbocycles. The van der Waals surface area contributed by atoms with Crippen LogP contribution in [0.15, 0.2) is 18.2 Å². The lowest BCUT2D eigenvalue weighted by atomic mass is 9.81. The maximum Gasteiger partial charge on any atom is 0.482 e. The molecule has 0 aliphatic carbocycles. The third-order valence-corrected chi connectivity index (χ3v) is 2.95. The van der Waals surface area contributed by atoms with Crippen LogP contribution in [0, 0.1) is 0 Å². The highest BCUT2D eigenvalue weighted by molar-refractivity contribution is 6.57. The molecule has 100 valence electrons. The van der Waals surface area contributed by atoms with E-state index in [1.54, 1.807) is 12.1 Å². The monoisotopic (exact) mass is 258 g/mol. The summed E-state index contributed by atoms with van der Waals surface area (Å²) in [6.07, 6.45) is -0.871. The van der Waals surface area contributed by atoms with Crippen molar-refractivity contribution in [2.75, 3.05) is 36.8 Å². The molecule has 0 unspecified atom stereocenters. The number of nitrogens with two attached hydrogens (primary N) is 1. The van der Waals surface area contributed by atoms with Crippen molar-refractivity contribution in [2.24, 2.45) is 0 Å². The fourth-order valence-corrected chi connectivity index (χ4v) is 2.19. The molecule has 1 fully saturated rings. The molecule has 0 aromatic heterocycles. The normalized spacial score (nSPS) is 16.9. The Morgan fingerprint density at radius 2 is 1.83 bits per heavy atom. The molecule has 18 heavy (non-hydrogen) atoms. The molecule has 3 nitrogen and oxygen atoms in total. The Morgan fingerprint density at radius 1 is 1.17 bits per heavy atom. The first-order chi connectivity index (χ1) is 8.44. The number of nitrogens with one attached hydrogen (secondary N) is 1. The Labute approximate surface area is 104 Å². The highest BCUT2D eigenvalue weighted by Crippen LogP contribution is 2.24. The maximum absolute atomic E-state index is 12.4. The number of halogens is 3. The number of nitrogen functional groups attached to an aromatic ring is 1. The minimum atomic E-state index is -4.82. The molecule has 2 rings (SSSR count). The summed E-state index contributed by atoms with van der Waals surface area (Å²) in [6.45, 7) is -1.56. The van der Waals surface area contributed by atoms with Gasteiger partial charge in [-0.3, -0.25) is 0 Å². The summed E-state index contributed by atoms with van der Waals surface area (Å²) in [7, 11) is 0. The Morgan fingerprint density at radius 3 is 2.44 bits per heavy atom. The van der Waals surface area contributed by atoms with Gasteiger partial charge in [-0.25, -0.2) is 0 Å². The first-order valence-corrected chi connectivity index (χ1v) is 6.00. The standard InChI is InChI=1S/C11H16BF3N3/c13-12(14,15)8-9-5-10(16)7-11(6-9)18-3-1-17-2-4-18/h5-7,17H,1-4,8,16H2/q-1. The molecule has 7 heteroatoms. The Balaban J connectivity index is 2.20. The molecule has 0 bridgehead atoms. The number of benzene rings is 1. The summed E-state index contributed by atoms with van der Waals surface area (Å²) < 4.78 is 37.3. The SMILES string of the molecule is Nc1cc(C[B-](F)(F)F)cc(N2CCNCC2)c1. The fourth-order valence-electron chi connectivity index (χ4n) is 2.19. The van der Waals surface area contributed by atoms with Crippen LogP contribution in [0.5, 0.6) is 0 Å². The average molecular weight is 258 g/mol. The summed E-state index contributed by atoms with van der Waals surface area (Å²) in [5.74, 6) is 0. The highest BCUT2D eigenvalue weighted by Gasteiger charge is 2.24. The van der Waals surface area contributed by atoms with Gasteiger partial charge in [0.25, 0.3) is 0 Å². The van der Waals surface area contributed by atoms with E-state index in [4.69, 9.17) is 5.73 Å². The lowest BCUT2D eigenvalue weighted by Crippen LogP contribution is -2.43. The van der Waals surface area contributed by atoms with Crippen LogP contribution in [-0.2, 0) is 6.32 Å². The van der Waals surface area contributed by atoms with Crippen LogP contribution in [0.1, 0.15) is 5.56 Å². The van der Waals surface area contributed by atoms with Crippen LogP contribution < -0.4 is 16.0 Å². The van der Waals surface area contributed by atoms with E-state index >= 15 is 0 Å². The summed E-state index contributed by atoms with van der Waals surface area (Å²) in [5.41, 5.74) is 7.10. The average Bonchev–Trinajstić information content (AvgIpc) is 2.27. The van der Waals surface area contributed by atoms with Gasteiger partial charge in [0.2, 0.25) is 0 Å². The lowest BCUT2D eigenvalue weighted by molar-refractivity contribution is 0.468. The van der Waals surface area contributed by atoms with Gasteiger partial charge in [0, 0.05) is 37.6 Å². The van der Waals surface area contributed by atoms with Gasteiger partial charge < -0.3 is 28.9 Å².